The summed E-state index contributed by atoms with van der Waals surface area (Å²) >= 11 is 1.53. The Kier molecular flexibility index (Phi) is 7.14. The van der Waals surface area contributed by atoms with E-state index in [9.17, 15) is 10.1 Å². The van der Waals surface area contributed by atoms with Gasteiger partial charge in [0, 0.05) is 35.1 Å². The van der Waals surface area contributed by atoms with Gasteiger partial charge in [-0.25, -0.2) is 9.99 Å². The Labute approximate surface area is 218 Å². The van der Waals surface area contributed by atoms with Crippen LogP contribution in [0.4, 0.5) is 10.8 Å². The normalized spacial score (nSPS) is 15.0. The predicted molar refractivity (Wildman–Crippen MR) is 148 cm³/mol. The highest BCUT2D eigenvalue weighted by molar-refractivity contribution is 8.93. The highest BCUT2D eigenvalue weighted by Gasteiger charge is 2.33. The van der Waals surface area contributed by atoms with E-state index in [-0.39, 0.29) is 33.6 Å². The molecule has 0 spiro atoms. The van der Waals surface area contributed by atoms with Crippen LogP contribution < -0.4 is 5.01 Å². The second kappa shape index (κ2) is 10.1. The van der Waals surface area contributed by atoms with E-state index in [1.165, 1.54) is 28.5 Å². The van der Waals surface area contributed by atoms with Crippen molar-refractivity contribution in [3.8, 4) is 11.3 Å². The molecule has 6 nitrogen and oxygen atoms in total. The van der Waals surface area contributed by atoms with Crippen molar-refractivity contribution >= 4 is 44.8 Å². The zero-order valence-corrected chi connectivity index (χ0v) is 22.2. The summed E-state index contributed by atoms with van der Waals surface area (Å²) < 4.78 is 0. The molecule has 1 aliphatic rings. The minimum Gasteiger partial charge on any atom is -0.258 e. The lowest BCUT2D eigenvalue weighted by molar-refractivity contribution is -0.384. The molecule has 35 heavy (non-hydrogen) atoms. The first-order chi connectivity index (χ1) is 16.4. The van der Waals surface area contributed by atoms with Gasteiger partial charge in [0.1, 0.15) is 0 Å². The molecule has 0 aliphatic carbocycles. The quantitative estimate of drug-likeness (QED) is 0.190. The number of benzene rings is 3. The molecule has 178 valence electrons. The number of anilines is 1. The summed E-state index contributed by atoms with van der Waals surface area (Å²) in [7, 11) is 0. The smallest absolute Gasteiger partial charge is 0.258 e. The number of non-ortho nitro benzene ring substituents is 1. The number of aryl methyl sites for hydroxylation is 3. The molecular formula is C27H25BrN4O2S. The molecule has 5 rings (SSSR count). The molecule has 0 fully saturated rings. The van der Waals surface area contributed by atoms with Gasteiger partial charge >= 0.3 is 0 Å². The Morgan fingerprint density at radius 3 is 2.49 bits per heavy atom. The lowest BCUT2D eigenvalue weighted by Crippen LogP contribution is -2.18. The van der Waals surface area contributed by atoms with E-state index in [4.69, 9.17) is 10.1 Å². The number of rotatable bonds is 5. The second-order valence-corrected chi connectivity index (χ2v) is 9.50. The van der Waals surface area contributed by atoms with Gasteiger partial charge in [0.15, 0.2) is 0 Å². The van der Waals surface area contributed by atoms with E-state index < -0.39 is 0 Å². The van der Waals surface area contributed by atoms with Crippen molar-refractivity contribution < 1.29 is 4.92 Å². The summed E-state index contributed by atoms with van der Waals surface area (Å²) in [6.45, 7) is 6.22. The number of halogens is 1. The van der Waals surface area contributed by atoms with Crippen LogP contribution in [0.5, 0.6) is 0 Å². The van der Waals surface area contributed by atoms with Crippen molar-refractivity contribution in [2.24, 2.45) is 5.10 Å². The Bertz CT molecular complexity index is 1410. The third-order valence-electron chi connectivity index (χ3n) is 6.12. The van der Waals surface area contributed by atoms with E-state index >= 15 is 0 Å². The zero-order chi connectivity index (χ0) is 23.8. The largest absolute Gasteiger partial charge is 0.269 e. The van der Waals surface area contributed by atoms with Crippen LogP contribution in [0.15, 0.2) is 77.2 Å². The Balaban J connectivity index is 0.00000289. The molecular weight excluding hydrogens is 524 g/mol. The molecule has 8 heteroatoms. The van der Waals surface area contributed by atoms with Crippen LogP contribution in [0.1, 0.15) is 40.3 Å². The summed E-state index contributed by atoms with van der Waals surface area (Å²) in [6, 6.07) is 21.3. The highest BCUT2D eigenvalue weighted by atomic mass is 79.9. The van der Waals surface area contributed by atoms with Crippen LogP contribution in [0.2, 0.25) is 0 Å². The van der Waals surface area contributed by atoms with Gasteiger partial charge in [-0.15, -0.1) is 28.3 Å². The Morgan fingerprint density at radius 1 is 1.00 bits per heavy atom. The number of nitro groups is 1. The number of hydrogen-bond donors (Lipinski definition) is 0. The fourth-order valence-corrected chi connectivity index (χ4v) is 5.06. The van der Waals surface area contributed by atoms with Crippen LogP contribution in [-0.4, -0.2) is 15.6 Å². The SMILES string of the molecule is Br.Cc1ccc(-c2csc(N3N=C(c4cc(C)ccc4C)CC3c3cccc([N+](=O)[O-])c3)n2)cc1. The number of aromatic nitrogens is 1. The topological polar surface area (TPSA) is 71.6 Å². The van der Waals surface area contributed by atoms with Gasteiger partial charge in [0.25, 0.3) is 5.69 Å². The summed E-state index contributed by atoms with van der Waals surface area (Å²) in [5.74, 6) is 0. The van der Waals surface area contributed by atoms with Crippen LogP contribution in [-0.2, 0) is 0 Å². The van der Waals surface area contributed by atoms with Crippen molar-refractivity contribution in [3.63, 3.8) is 0 Å². The van der Waals surface area contributed by atoms with E-state index in [2.05, 4.69) is 63.2 Å². The second-order valence-electron chi connectivity index (χ2n) is 8.66. The lowest BCUT2D eigenvalue weighted by Gasteiger charge is -2.21. The summed E-state index contributed by atoms with van der Waals surface area (Å²) in [4.78, 5) is 16.0. The first-order valence-corrected chi connectivity index (χ1v) is 12.0. The zero-order valence-electron chi connectivity index (χ0n) is 19.6. The van der Waals surface area contributed by atoms with Crippen molar-refractivity contribution in [2.45, 2.75) is 33.2 Å². The average Bonchev–Trinajstić information content (AvgIpc) is 3.49. The molecule has 0 N–H and O–H groups in total. The molecule has 1 aromatic heterocycles. The Hall–Kier alpha value is -3.36. The summed E-state index contributed by atoms with van der Waals surface area (Å²) in [6.07, 6.45) is 0.644. The first kappa shape index (κ1) is 24.8. The molecule has 0 bridgehead atoms. The molecule has 0 radical (unpaired) electrons. The van der Waals surface area contributed by atoms with Crippen LogP contribution in [0, 0.1) is 30.9 Å². The van der Waals surface area contributed by atoms with Gasteiger partial charge in [-0.3, -0.25) is 10.1 Å². The molecule has 1 aliphatic heterocycles. The summed E-state index contributed by atoms with van der Waals surface area (Å²) in [5, 5.41) is 21.2. The van der Waals surface area contributed by atoms with Gasteiger partial charge < -0.3 is 0 Å². The minimum atomic E-state index is -0.353. The number of nitro benzene ring substituents is 1. The maximum Gasteiger partial charge on any atom is 0.269 e. The van der Waals surface area contributed by atoms with Crippen LogP contribution >= 0.6 is 28.3 Å². The van der Waals surface area contributed by atoms with E-state index in [0.717, 1.165) is 38.8 Å². The fraction of sp³-hybridized carbons (Fsp3) is 0.185. The fourth-order valence-electron chi connectivity index (χ4n) is 4.23. The van der Waals surface area contributed by atoms with Crippen molar-refractivity contribution in [1.29, 1.82) is 0 Å². The standard InChI is InChI=1S/C27H24N4O2S.BrH/c1-17-8-11-20(12-9-17)25-16-34-27(28-25)30-26(21-5-4-6-22(14-21)31(32)33)15-24(29-30)23-13-18(2)7-10-19(23)3;/h4-14,16,26H,15H2,1-3H3;1H. The average molecular weight is 549 g/mol. The Morgan fingerprint density at radius 2 is 1.74 bits per heavy atom. The molecule has 0 saturated heterocycles. The predicted octanol–water partition coefficient (Wildman–Crippen LogP) is 7.58. The van der Waals surface area contributed by atoms with Gasteiger partial charge in [-0.1, -0.05) is 59.7 Å². The first-order valence-electron chi connectivity index (χ1n) is 11.1. The maximum atomic E-state index is 11.4. The summed E-state index contributed by atoms with van der Waals surface area (Å²) in [5.41, 5.74) is 8.48. The van der Waals surface area contributed by atoms with Crippen LogP contribution in [0.25, 0.3) is 11.3 Å². The third kappa shape index (κ3) is 5.04. The molecule has 3 aromatic carbocycles. The van der Waals surface area contributed by atoms with Gasteiger partial charge in [-0.05, 0) is 38.0 Å². The van der Waals surface area contributed by atoms with E-state index in [0.29, 0.717) is 6.42 Å². The molecule has 2 heterocycles. The number of nitrogens with zero attached hydrogens (tertiary/aromatic N) is 4. The van der Waals surface area contributed by atoms with E-state index in [1.54, 1.807) is 12.1 Å². The van der Waals surface area contributed by atoms with Gasteiger partial charge in [0.2, 0.25) is 5.13 Å². The maximum absolute atomic E-state index is 11.4. The molecule has 1 unspecified atom stereocenters. The monoisotopic (exact) mass is 548 g/mol. The molecule has 1 atom stereocenters. The van der Waals surface area contributed by atoms with Crippen molar-refractivity contribution in [1.82, 2.24) is 4.98 Å². The minimum absolute atomic E-state index is 0. The van der Waals surface area contributed by atoms with E-state index in [1.807, 2.05) is 16.5 Å². The van der Waals surface area contributed by atoms with Crippen LogP contribution in [0.3, 0.4) is 0 Å². The molecule has 0 saturated carbocycles. The lowest BCUT2D eigenvalue weighted by atomic mass is 9.95. The molecule has 0 amide bonds. The highest BCUT2D eigenvalue weighted by Crippen LogP contribution is 2.40. The van der Waals surface area contributed by atoms with Gasteiger partial charge in [-0.2, -0.15) is 5.10 Å². The number of thiazole rings is 1. The number of hydrogen-bond acceptors (Lipinski definition) is 6. The third-order valence-corrected chi connectivity index (χ3v) is 6.95. The van der Waals surface area contributed by atoms with Crippen molar-refractivity contribution in [3.05, 3.63) is 110 Å². The molecule has 4 aromatic rings. The van der Waals surface area contributed by atoms with Crippen molar-refractivity contribution in [2.75, 3.05) is 5.01 Å². The van der Waals surface area contributed by atoms with Gasteiger partial charge in [0.05, 0.1) is 22.4 Å². The number of hydrazone groups is 1.